The highest BCUT2D eigenvalue weighted by molar-refractivity contribution is 7.13. The average molecular weight is 324 g/mol. The second-order valence-electron chi connectivity index (χ2n) is 5.82. The predicted octanol–water partition coefficient (Wildman–Crippen LogP) is 5.15. The van der Waals surface area contributed by atoms with Crippen LogP contribution in [0.1, 0.15) is 19.4 Å². The standard InChI is InChI=1S/C19H20N2OS/c1-12(2)22-18-9-8-15(10-16(18)20)19-21-17(11-23-19)14-6-4-13(3)5-7-14/h4-12H,20H2,1-3H3. The number of nitrogen functional groups attached to an aromatic ring is 1. The second kappa shape index (κ2) is 6.42. The Kier molecular flexibility index (Phi) is 4.35. The maximum absolute atomic E-state index is 6.09. The monoisotopic (exact) mass is 324 g/mol. The van der Waals surface area contributed by atoms with Crippen LogP contribution in [0.3, 0.4) is 0 Å². The first-order chi connectivity index (χ1) is 11.0. The highest BCUT2D eigenvalue weighted by Gasteiger charge is 2.10. The Bertz CT molecular complexity index is 806. The van der Waals surface area contributed by atoms with Gasteiger partial charge in [0.2, 0.25) is 0 Å². The van der Waals surface area contributed by atoms with Gasteiger partial charge in [-0.25, -0.2) is 4.98 Å². The first kappa shape index (κ1) is 15.6. The quantitative estimate of drug-likeness (QED) is 0.675. The fourth-order valence-electron chi connectivity index (χ4n) is 2.31. The first-order valence-corrected chi connectivity index (χ1v) is 8.50. The number of nitrogens with two attached hydrogens (primary N) is 1. The molecule has 3 nitrogen and oxygen atoms in total. The van der Waals surface area contributed by atoms with Gasteiger partial charge in [-0.15, -0.1) is 11.3 Å². The Hall–Kier alpha value is -2.33. The molecule has 23 heavy (non-hydrogen) atoms. The number of anilines is 1. The van der Waals surface area contributed by atoms with Crippen LogP contribution in [0.4, 0.5) is 5.69 Å². The number of hydrogen-bond donors (Lipinski definition) is 1. The molecule has 0 radical (unpaired) electrons. The van der Waals surface area contributed by atoms with Crippen molar-refractivity contribution in [1.82, 2.24) is 4.98 Å². The summed E-state index contributed by atoms with van der Waals surface area (Å²) >= 11 is 1.62. The molecule has 3 rings (SSSR count). The number of rotatable bonds is 4. The van der Waals surface area contributed by atoms with E-state index in [1.807, 2.05) is 32.0 Å². The van der Waals surface area contributed by atoms with Crippen LogP contribution < -0.4 is 10.5 Å². The van der Waals surface area contributed by atoms with E-state index >= 15 is 0 Å². The third-order valence-electron chi connectivity index (χ3n) is 3.47. The molecule has 0 saturated carbocycles. The van der Waals surface area contributed by atoms with Gasteiger partial charge in [0.1, 0.15) is 10.8 Å². The van der Waals surface area contributed by atoms with Crippen molar-refractivity contribution in [3.63, 3.8) is 0 Å². The molecule has 1 heterocycles. The van der Waals surface area contributed by atoms with E-state index in [1.54, 1.807) is 11.3 Å². The topological polar surface area (TPSA) is 48.1 Å². The van der Waals surface area contributed by atoms with E-state index in [4.69, 9.17) is 15.5 Å². The van der Waals surface area contributed by atoms with Gasteiger partial charge in [-0.1, -0.05) is 29.8 Å². The Morgan fingerprint density at radius 2 is 1.74 bits per heavy atom. The number of thiazole rings is 1. The molecule has 0 atom stereocenters. The number of aryl methyl sites for hydroxylation is 1. The molecule has 3 aromatic rings. The lowest BCUT2D eigenvalue weighted by atomic mass is 10.1. The minimum absolute atomic E-state index is 0.108. The normalized spacial score (nSPS) is 11.0. The zero-order valence-electron chi connectivity index (χ0n) is 13.5. The van der Waals surface area contributed by atoms with Crippen molar-refractivity contribution in [2.24, 2.45) is 0 Å². The molecule has 0 aliphatic carbocycles. The van der Waals surface area contributed by atoms with Crippen molar-refractivity contribution >= 4 is 17.0 Å². The molecule has 118 valence electrons. The molecule has 0 amide bonds. The summed E-state index contributed by atoms with van der Waals surface area (Å²) in [5.41, 5.74) is 11.1. The van der Waals surface area contributed by atoms with Crippen molar-refractivity contribution in [3.05, 3.63) is 53.4 Å². The lowest BCUT2D eigenvalue weighted by molar-refractivity contribution is 0.244. The Balaban J connectivity index is 1.88. The van der Waals surface area contributed by atoms with Gasteiger partial charge in [-0.3, -0.25) is 0 Å². The van der Waals surface area contributed by atoms with E-state index in [0.29, 0.717) is 5.69 Å². The molecule has 0 aliphatic rings. The number of hydrogen-bond acceptors (Lipinski definition) is 4. The van der Waals surface area contributed by atoms with Crippen molar-refractivity contribution in [2.45, 2.75) is 26.9 Å². The third kappa shape index (κ3) is 3.54. The van der Waals surface area contributed by atoms with Gasteiger partial charge in [0.25, 0.3) is 0 Å². The Morgan fingerprint density at radius 1 is 1.04 bits per heavy atom. The summed E-state index contributed by atoms with van der Waals surface area (Å²) in [7, 11) is 0. The summed E-state index contributed by atoms with van der Waals surface area (Å²) in [6.07, 6.45) is 0.108. The van der Waals surface area contributed by atoms with Gasteiger partial charge in [0, 0.05) is 16.5 Å². The van der Waals surface area contributed by atoms with Crippen molar-refractivity contribution in [2.75, 3.05) is 5.73 Å². The SMILES string of the molecule is Cc1ccc(-c2csc(-c3ccc(OC(C)C)c(N)c3)n2)cc1. The summed E-state index contributed by atoms with van der Waals surface area (Å²) in [6.45, 7) is 6.06. The van der Waals surface area contributed by atoms with Crippen LogP contribution in [0.15, 0.2) is 47.8 Å². The van der Waals surface area contributed by atoms with E-state index in [9.17, 15) is 0 Å². The molecule has 0 saturated heterocycles. The second-order valence-corrected chi connectivity index (χ2v) is 6.68. The molecule has 0 spiro atoms. The van der Waals surface area contributed by atoms with Crippen LogP contribution >= 0.6 is 11.3 Å². The molecule has 0 bridgehead atoms. The first-order valence-electron chi connectivity index (χ1n) is 7.62. The Labute approximate surface area is 140 Å². The summed E-state index contributed by atoms with van der Waals surface area (Å²) in [6, 6.07) is 14.2. The van der Waals surface area contributed by atoms with E-state index in [0.717, 1.165) is 27.6 Å². The molecule has 0 unspecified atom stereocenters. The zero-order valence-corrected chi connectivity index (χ0v) is 14.4. The number of nitrogens with zero attached hydrogens (tertiary/aromatic N) is 1. The average Bonchev–Trinajstić information content (AvgIpc) is 2.99. The summed E-state index contributed by atoms with van der Waals surface area (Å²) in [5.74, 6) is 0.721. The highest BCUT2D eigenvalue weighted by atomic mass is 32.1. The largest absolute Gasteiger partial charge is 0.489 e. The van der Waals surface area contributed by atoms with E-state index in [2.05, 4.69) is 36.6 Å². The van der Waals surface area contributed by atoms with Crippen molar-refractivity contribution in [3.8, 4) is 27.6 Å². The van der Waals surface area contributed by atoms with E-state index in [1.165, 1.54) is 5.56 Å². The molecule has 0 fully saturated rings. The fourth-order valence-corrected chi connectivity index (χ4v) is 3.13. The van der Waals surface area contributed by atoms with Gasteiger partial charge >= 0.3 is 0 Å². The Morgan fingerprint density at radius 3 is 2.39 bits per heavy atom. The molecular weight excluding hydrogens is 304 g/mol. The summed E-state index contributed by atoms with van der Waals surface area (Å²) in [4.78, 5) is 4.73. The van der Waals surface area contributed by atoms with Crippen molar-refractivity contribution < 1.29 is 4.74 Å². The van der Waals surface area contributed by atoms with Crippen LogP contribution in [0.25, 0.3) is 21.8 Å². The molecule has 2 aromatic carbocycles. The molecule has 1 aromatic heterocycles. The van der Waals surface area contributed by atoms with Gasteiger partial charge in [-0.05, 0) is 39.0 Å². The maximum Gasteiger partial charge on any atom is 0.142 e. The van der Waals surface area contributed by atoms with Crippen molar-refractivity contribution in [1.29, 1.82) is 0 Å². The van der Waals surface area contributed by atoms with E-state index < -0.39 is 0 Å². The van der Waals surface area contributed by atoms with Crippen LogP contribution in [-0.2, 0) is 0 Å². The number of ether oxygens (including phenoxy) is 1. The van der Waals surface area contributed by atoms with Crippen LogP contribution in [-0.4, -0.2) is 11.1 Å². The minimum Gasteiger partial charge on any atom is -0.489 e. The van der Waals surface area contributed by atoms with Crippen LogP contribution in [0, 0.1) is 6.92 Å². The van der Waals surface area contributed by atoms with Crippen LogP contribution in [0.2, 0.25) is 0 Å². The van der Waals surface area contributed by atoms with Gasteiger partial charge in [-0.2, -0.15) is 0 Å². The van der Waals surface area contributed by atoms with E-state index in [-0.39, 0.29) is 6.10 Å². The number of benzene rings is 2. The lowest BCUT2D eigenvalue weighted by Crippen LogP contribution is -2.07. The summed E-state index contributed by atoms with van der Waals surface area (Å²) < 4.78 is 5.68. The maximum atomic E-state index is 6.09. The minimum atomic E-state index is 0.108. The predicted molar refractivity (Wildman–Crippen MR) is 97.9 cm³/mol. The fraction of sp³-hybridized carbons (Fsp3) is 0.211. The van der Waals surface area contributed by atoms with Gasteiger partial charge in [0.15, 0.2) is 0 Å². The smallest absolute Gasteiger partial charge is 0.142 e. The number of aromatic nitrogens is 1. The molecule has 4 heteroatoms. The lowest BCUT2D eigenvalue weighted by Gasteiger charge is -2.12. The molecule has 0 aliphatic heterocycles. The van der Waals surface area contributed by atoms with Gasteiger partial charge in [0.05, 0.1) is 17.5 Å². The third-order valence-corrected chi connectivity index (χ3v) is 4.36. The molecule has 2 N–H and O–H groups in total. The molecular formula is C19H20N2OS. The highest BCUT2D eigenvalue weighted by Crippen LogP contribution is 2.33. The summed E-state index contributed by atoms with van der Waals surface area (Å²) in [5, 5.41) is 3.04. The van der Waals surface area contributed by atoms with Gasteiger partial charge < -0.3 is 10.5 Å². The van der Waals surface area contributed by atoms with Crippen LogP contribution in [0.5, 0.6) is 5.75 Å². The zero-order chi connectivity index (χ0) is 16.4.